The molecular formula is C5H15N2O5P. The maximum absolute atomic E-state index is 10.4. The fraction of sp³-hybridized carbons (Fsp3) is 0.800. The van der Waals surface area contributed by atoms with Crippen LogP contribution in [0.1, 0.15) is 13.3 Å². The lowest BCUT2D eigenvalue weighted by Gasteiger charge is -2.11. The minimum Gasteiger partial charge on any atom is -0.344 e. The molecule has 0 fully saturated rings. The first-order valence-electron chi connectivity index (χ1n) is 3.34. The second-order valence-electron chi connectivity index (χ2n) is 2.38. The van der Waals surface area contributed by atoms with Crippen LogP contribution in [0, 0.1) is 0 Å². The lowest BCUT2D eigenvalue weighted by Crippen LogP contribution is -2.26. The molecule has 0 saturated heterocycles. The van der Waals surface area contributed by atoms with Crippen molar-refractivity contribution in [3.63, 3.8) is 0 Å². The number of carbonyl (C=O) groups is 1. The van der Waals surface area contributed by atoms with Crippen molar-refractivity contribution >= 4 is 13.5 Å². The largest absolute Gasteiger partial charge is 0.344 e. The van der Waals surface area contributed by atoms with Crippen molar-refractivity contribution in [3.05, 3.63) is 0 Å². The van der Waals surface area contributed by atoms with Gasteiger partial charge in [0.2, 0.25) is 5.91 Å². The van der Waals surface area contributed by atoms with Crippen LogP contribution < -0.4 is 6.15 Å². The average molecular weight is 214 g/mol. The summed E-state index contributed by atoms with van der Waals surface area (Å²) in [6.45, 7) is 1.11. The molecular weight excluding hydrogens is 199 g/mol. The fourth-order valence-electron chi connectivity index (χ4n) is 0.584. The molecule has 0 radical (unpaired) electrons. The molecule has 6 N–H and O–H groups in total. The average Bonchev–Trinajstić information content (AvgIpc) is 1.84. The van der Waals surface area contributed by atoms with Crippen molar-refractivity contribution in [2.75, 3.05) is 12.7 Å². The van der Waals surface area contributed by atoms with Crippen molar-refractivity contribution < 1.29 is 24.4 Å². The van der Waals surface area contributed by atoms with Crippen LogP contribution in [0.4, 0.5) is 0 Å². The summed E-state index contributed by atoms with van der Waals surface area (Å²) in [5.41, 5.74) is 0. The van der Waals surface area contributed by atoms with Crippen molar-refractivity contribution in [2.45, 2.75) is 13.3 Å². The summed E-state index contributed by atoms with van der Waals surface area (Å²) in [7, 11) is -4.00. The van der Waals surface area contributed by atoms with Gasteiger partial charge in [-0.1, -0.05) is 0 Å². The predicted molar refractivity (Wildman–Crippen MR) is 45.7 cm³/mol. The molecule has 0 bridgehead atoms. The van der Waals surface area contributed by atoms with Crippen LogP contribution in [0.25, 0.3) is 0 Å². The molecule has 13 heavy (non-hydrogen) atoms. The predicted octanol–water partition coefficient (Wildman–Crippen LogP) is -0.0461. The van der Waals surface area contributed by atoms with Gasteiger partial charge in [0.05, 0.1) is 6.16 Å². The van der Waals surface area contributed by atoms with Gasteiger partial charge in [0.15, 0.2) is 0 Å². The van der Waals surface area contributed by atoms with Gasteiger partial charge in [-0.05, 0) is 6.42 Å². The fourth-order valence-corrected chi connectivity index (χ4v) is 1.14. The molecule has 0 unspecified atom stereocenters. The van der Waals surface area contributed by atoms with E-state index < -0.39 is 13.5 Å². The van der Waals surface area contributed by atoms with Crippen LogP contribution >= 0.6 is 7.60 Å². The Balaban J connectivity index is 0. The van der Waals surface area contributed by atoms with E-state index >= 15 is 0 Å². The molecule has 0 aliphatic carbocycles. The van der Waals surface area contributed by atoms with Gasteiger partial charge in [-0.15, -0.1) is 0 Å². The second-order valence-corrected chi connectivity index (χ2v) is 4.16. The molecule has 7 nitrogen and oxygen atoms in total. The van der Waals surface area contributed by atoms with E-state index in [-0.39, 0.29) is 25.3 Å². The highest BCUT2D eigenvalue weighted by Gasteiger charge is 2.13. The van der Waals surface area contributed by atoms with E-state index in [1.807, 2.05) is 0 Å². The number of nitrogens with zero attached hydrogens (tertiary/aromatic N) is 1. The van der Waals surface area contributed by atoms with Crippen molar-refractivity contribution in [3.8, 4) is 0 Å². The number of carbonyl (C=O) groups excluding carboxylic acids is 1. The van der Waals surface area contributed by atoms with Gasteiger partial charge in [-0.25, -0.2) is 5.06 Å². The number of hydrogen-bond acceptors (Lipinski definition) is 4. The Labute approximate surface area is 76.1 Å². The number of rotatable bonds is 4. The summed E-state index contributed by atoms with van der Waals surface area (Å²) in [5, 5.41) is 9.18. The van der Waals surface area contributed by atoms with Gasteiger partial charge in [-0.3, -0.25) is 14.6 Å². The molecule has 0 saturated carbocycles. The zero-order valence-electron chi connectivity index (χ0n) is 7.38. The molecule has 0 aromatic heterocycles. The summed E-state index contributed by atoms with van der Waals surface area (Å²) in [5.74, 6) is -0.541. The first-order chi connectivity index (χ1) is 5.33. The van der Waals surface area contributed by atoms with Crippen LogP contribution in [-0.2, 0) is 9.36 Å². The Bertz CT molecular complexity index is 203. The smallest absolute Gasteiger partial charge is 0.325 e. The first-order valence-corrected chi connectivity index (χ1v) is 5.14. The van der Waals surface area contributed by atoms with E-state index in [0.717, 1.165) is 6.92 Å². The summed E-state index contributed by atoms with van der Waals surface area (Å²) >= 11 is 0. The van der Waals surface area contributed by atoms with Gasteiger partial charge in [-0.2, -0.15) is 0 Å². The molecule has 0 aliphatic heterocycles. The monoisotopic (exact) mass is 214 g/mol. The molecule has 80 valence electrons. The third-order valence-electron chi connectivity index (χ3n) is 1.18. The quantitative estimate of drug-likeness (QED) is 0.294. The molecule has 0 atom stereocenters. The number of amides is 1. The number of hydrogen-bond donors (Lipinski definition) is 4. The van der Waals surface area contributed by atoms with Crippen LogP contribution in [0.3, 0.4) is 0 Å². The normalized spacial score (nSPS) is 10.5. The first kappa shape index (κ1) is 15.0. The zero-order valence-corrected chi connectivity index (χ0v) is 8.28. The highest BCUT2D eigenvalue weighted by atomic mass is 31.2. The SMILES string of the molecule is CC(=O)N(O)CCCP(=O)(O)O.N. The Morgan fingerprint density at radius 3 is 2.23 bits per heavy atom. The van der Waals surface area contributed by atoms with Gasteiger partial charge in [0, 0.05) is 13.5 Å². The number of hydroxylamine groups is 2. The van der Waals surface area contributed by atoms with Crippen LogP contribution in [0.15, 0.2) is 0 Å². The third-order valence-corrected chi connectivity index (χ3v) is 2.08. The van der Waals surface area contributed by atoms with E-state index in [1.165, 1.54) is 0 Å². The highest BCUT2D eigenvalue weighted by Crippen LogP contribution is 2.34. The Morgan fingerprint density at radius 1 is 1.46 bits per heavy atom. The lowest BCUT2D eigenvalue weighted by molar-refractivity contribution is -0.162. The van der Waals surface area contributed by atoms with E-state index in [2.05, 4.69) is 0 Å². The van der Waals surface area contributed by atoms with Crippen LogP contribution in [0.2, 0.25) is 0 Å². The maximum Gasteiger partial charge on any atom is 0.325 e. The topological polar surface area (TPSA) is 133 Å². The zero-order chi connectivity index (χ0) is 9.78. The third kappa shape index (κ3) is 9.45. The lowest BCUT2D eigenvalue weighted by atomic mass is 10.4. The Hall–Kier alpha value is -0.460. The molecule has 0 rings (SSSR count). The molecule has 0 aromatic rings. The van der Waals surface area contributed by atoms with E-state index in [4.69, 9.17) is 15.0 Å². The standard InChI is InChI=1S/C5H12NO5P.H3N/c1-5(7)6(8)3-2-4-12(9,10)11;/h8H,2-4H2,1H3,(H2,9,10,11);1H3. The summed E-state index contributed by atoms with van der Waals surface area (Å²) in [4.78, 5) is 27.2. The molecule has 1 amide bonds. The van der Waals surface area contributed by atoms with Gasteiger partial charge < -0.3 is 15.9 Å². The van der Waals surface area contributed by atoms with Gasteiger partial charge >= 0.3 is 7.60 Å². The van der Waals surface area contributed by atoms with E-state index in [9.17, 15) is 9.36 Å². The van der Waals surface area contributed by atoms with Crippen molar-refractivity contribution in [1.82, 2.24) is 11.2 Å². The maximum atomic E-state index is 10.4. The highest BCUT2D eigenvalue weighted by molar-refractivity contribution is 7.51. The minimum absolute atomic E-state index is 0. The molecule has 0 aromatic carbocycles. The minimum atomic E-state index is -4.00. The van der Waals surface area contributed by atoms with Crippen LogP contribution in [-0.4, -0.2) is 38.7 Å². The molecule has 0 spiro atoms. The van der Waals surface area contributed by atoms with Crippen molar-refractivity contribution in [2.24, 2.45) is 0 Å². The molecule has 0 aliphatic rings. The van der Waals surface area contributed by atoms with E-state index in [0.29, 0.717) is 5.06 Å². The van der Waals surface area contributed by atoms with Crippen LogP contribution in [0.5, 0.6) is 0 Å². The van der Waals surface area contributed by atoms with Crippen molar-refractivity contribution in [1.29, 1.82) is 0 Å². The summed E-state index contributed by atoms with van der Waals surface area (Å²) in [6, 6.07) is 0. The van der Waals surface area contributed by atoms with Gasteiger partial charge in [0.25, 0.3) is 0 Å². The molecule has 0 heterocycles. The summed E-state index contributed by atoms with van der Waals surface area (Å²) in [6.07, 6.45) is -0.238. The molecule has 8 heteroatoms. The summed E-state index contributed by atoms with van der Waals surface area (Å²) < 4.78 is 10.3. The van der Waals surface area contributed by atoms with Gasteiger partial charge in [0.1, 0.15) is 0 Å². The van der Waals surface area contributed by atoms with E-state index in [1.54, 1.807) is 0 Å². The Kier molecular flexibility index (Phi) is 7.01. The second kappa shape index (κ2) is 6.06. The Morgan fingerprint density at radius 2 is 1.92 bits per heavy atom.